The van der Waals surface area contributed by atoms with Crippen LogP contribution in [0.1, 0.15) is 31.2 Å². The van der Waals surface area contributed by atoms with E-state index in [-0.39, 0.29) is 47.1 Å². The van der Waals surface area contributed by atoms with Gasteiger partial charge in [0.1, 0.15) is 0 Å². The molecule has 2 aromatic carbocycles. The Kier molecular flexibility index (Phi) is 5.49. The monoisotopic (exact) mass is 413 g/mol. The summed E-state index contributed by atoms with van der Waals surface area (Å²) in [5.41, 5.74) is 0.825. The average Bonchev–Trinajstić information content (AvgIpc) is 3.30. The van der Waals surface area contributed by atoms with Crippen molar-refractivity contribution in [2.75, 3.05) is 12.4 Å². The molecule has 0 aliphatic carbocycles. The lowest BCUT2D eigenvalue weighted by Gasteiger charge is -2.36. The molecule has 1 amide bonds. The Morgan fingerprint density at radius 1 is 1.03 bits per heavy atom. The van der Waals surface area contributed by atoms with E-state index in [9.17, 15) is 18.3 Å². The average molecular weight is 414 g/mol. The molecule has 2 bridgehead atoms. The van der Waals surface area contributed by atoms with Crippen LogP contribution in [0.3, 0.4) is 0 Å². The van der Waals surface area contributed by atoms with E-state index in [1.807, 2.05) is 23.1 Å². The van der Waals surface area contributed by atoms with Crippen molar-refractivity contribution in [3.05, 3.63) is 66.2 Å². The highest BCUT2D eigenvalue weighted by atomic mass is 32.2. The summed E-state index contributed by atoms with van der Waals surface area (Å²) in [5, 5.41) is 10.3. The van der Waals surface area contributed by atoms with Gasteiger partial charge in [-0.15, -0.1) is 0 Å². The first-order chi connectivity index (χ1) is 14.0. The van der Waals surface area contributed by atoms with Crippen LogP contribution in [0.25, 0.3) is 0 Å². The number of hydrogen-bond donors (Lipinski definition) is 1. The molecule has 2 heterocycles. The zero-order chi connectivity index (χ0) is 20.5. The maximum absolute atomic E-state index is 13.0. The number of carbonyl (C=O) groups excluding carboxylic acids is 1. The number of benzene rings is 2. The van der Waals surface area contributed by atoms with E-state index < -0.39 is 9.84 Å². The highest BCUT2D eigenvalue weighted by molar-refractivity contribution is 7.91. The van der Waals surface area contributed by atoms with Gasteiger partial charge in [-0.1, -0.05) is 48.5 Å². The van der Waals surface area contributed by atoms with E-state index in [0.717, 1.165) is 31.2 Å². The summed E-state index contributed by atoms with van der Waals surface area (Å²) in [6.07, 6.45) is 3.29. The van der Waals surface area contributed by atoms with Crippen LogP contribution in [0.2, 0.25) is 0 Å². The number of carbonyl (C=O) groups is 1. The fourth-order valence-corrected chi connectivity index (χ4v) is 6.43. The third kappa shape index (κ3) is 3.83. The largest absolute Gasteiger partial charge is 0.396 e. The van der Waals surface area contributed by atoms with Crippen LogP contribution in [0.5, 0.6) is 0 Å². The molecule has 6 heteroatoms. The molecule has 0 radical (unpaired) electrons. The van der Waals surface area contributed by atoms with Crippen LogP contribution in [0.15, 0.2) is 65.6 Å². The van der Waals surface area contributed by atoms with E-state index in [0.29, 0.717) is 0 Å². The Bertz CT molecular complexity index is 961. The fourth-order valence-electron chi connectivity index (χ4n) is 5.18. The minimum Gasteiger partial charge on any atom is -0.396 e. The first-order valence-electron chi connectivity index (χ1n) is 10.2. The first-order valence-corrected chi connectivity index (χ1v) is 11.8. The van der Waals surface area contributed by atoms with E-state index >= 15 is 0 Å². The summed E-state index contributed by atoms with van der Waals surface area (Å²) in [5.74, 6) is -0.295. The van der Waals surface area contributed by atoms with Crippen molar-refractivity contribution >= 4 is 15.7 Å². The van der Waals surface area contributed by atoms with Gasteiger partial charge in [0.2, 0.25) is 5.91 Å². The minimum absolute atomic E-state index is 0.0168. The summed E-state index contributed by atoms with van der Waals surface area (Å²) in [7, 11) is -3.48. The van der Waals surface area contributed by atoms with E-state index in [4.69, 9.17) is 0 Å². The quantitative estimate of drug-likeness (QED) is 0.757. The zero-order valence-corrected chi connectivity index (χ0v) is 17.2. The molecule has 0 spiro atoms. The minimum atomic E-state index is -3.48. The van der Waals surface area contributed by atoms with Crippen LogP contribution in [-0.2, 0) is 21.1 Å². The third-order valence-electron chi connectivity index (χ3n) is 6.54. The van der Waals surface area contributed by atoms with Gasteiger partial charge in [0.05, 0.1) is 17.3 Å². The maximum Gasteiger partial charge on any atom is 0.224 e. The third-order valence-corrected chi connectivity index (χ3v) is 8.27. The van der Waals surface area contributed by atoms with Crippen molar-refractivity contribution in [3.8, 4) is 0 Å². The van der Waals surface area contributed by atoms with Crippen LogP contribution in [0, 0.1) is 5.41 Å². The number of fused-ring (bicyclic) bond motifs is 2. The number of hydrogen-bond acceptors (Lipinski definition) is 4. The predicted octanol–water partition coefficient (Wildman–Crippen LogP) is 2.84. The summed E-state index contributed by atoms with van der Waals surface area (Å²) in [6, 6.07) is 18.4. The van der Waals surface area contributed by atoms with Crippen LogP contribution in [0.4, 0.5) is 0 Å². The molecule has 2 saturated heterocycles. The maximum atomic E-state index is 13.0. The summed E-state index contributed by atoms with van der Waals surface area (Å²) in [4.78, 5) is 15.2. The van der Waals surface area contributed by atoms with E-state index in [1.54, 1.807) is 30.3 Å². The van der Waals surface area contributed by atoms with Crippen LogP contribution < -0.4 is 0 Å². The summed E-state index contributed by atoms with van der Waals surface area (Å²) < 4.78 is 25.1. The highest BCUT2D eigenvalue weighted by Crippen LogP contribution is 2.51. The standard InChI is InChI=1S/C23H27NO4S/c25-17-23(15-18-7-3-1-4-8-18)16-19-11-12-21(23)24(19)22(26)13-14-29(27,28)20-9-5-2-6-10-20/h1-10,19,21,25H,11-17H2/t19-,21+,23-/m0/s1. The SMILES string of the molecule is O=C(CCS(=O)(=O)c1ccccc1)N1[C@H]2CC[C@@H]1[C@@](CO)(Cc1ccccc1)C2. The van der Waals surface area contributed by atoms with Gasteiger partial charge in [0.25, 0.3) is 0 Å². The molecule has 2 aliphatic heterocycles. The lowest BCUT2D eigenvalue weighted by molar-refractivity contribution is -0.132. The van der Waals surface area contributed by atoms with E-state index in [2.05, 4.69) is 12.1 Å². The topological polar surface area (TPSA) is 74.7 Å². The number of amides is 1. The van der Waals surface area contributed by atoms with Gasteiger partial charge < -0.3 is 10.0 Å². The number of aliphatic hydroxyl groups excluding tert-OH is 1. The Morgan fingerprint density at radius 2 is 1.69 bits per heavy atom. The molecule has 5 nitrogen and oxygen atoms in total. The molecule has 0 unspecified atom stereocenters. The van der Waals surface area contributed by atoms with Gasteiger partial charge in [-0.3, -0.25) is 4.79 Å². The molecule has 2 fully saturated rings. The van der Waals surface area contributed by atoms with Crippen molar-refractivity contribution < 1.29 is 18.3 Å². The second kappa shape index (κ2) is 7.92. The molecule has 2 aliphatic rings. The lowest BCUT2D eigenvalue weighted by Crippen LogP contribution is -2.44. The zero-order valence-electron chi connectivity index (χ0n) is 16.4. The first kappa shape index (κ1) is 20.1. The van der Waals surface area contributed by atoms with Crippen molar-refractivity contribution in [2.45, 2.75) is 49.1 Å². The number of sulfone groups is 1. The summed E-state index contributed by atoms with van der Waals surface area (Å²) >= 11 is 0. The van der Waals surface area contributed by atoms with Gasteiger partial charge in [-0.25, -0.2) is 8.42 Å². The Morgan fingerprint density at radius 3 is 2.34 bits per heavy atom. The van der Waals surface area contributed by atoms with Gasteiger partial charge >= 0.3 is 0 Å². The second-order valence-corrected chi connectivity index (χ2v) is 10.4. The highest BCUT2D eigenvalue weighted by Gasteiger charge is 2.56. The van der Waals surface area contributed by atoms with Crippen molar-refractivity contribution in [2.24, 2.45) is 5.41 Å². The Labute approximate surface area is 172 Å². The normalized spacial score (nSPS) is 26.0. The van der Waals surface area contributed by atoms with Gasteiger partial charge in [0.15, 0.2) is 9.84 Å². The van der Waals surface area contributed by atoms with Gasteiger partial charge in [0, 0.05) is 23.9 Å². The van der Waals surface area contributed by atoms with Crippen LogP contribution >= 0.6 is 0 Å². The molecule has 0 aromatic heterocycles. The second-order valence-electron chi connectivity index (χ2n) is 8.32. The predicted molar refractivity (Wildman–Crippen MR) is 111 cm³/mol. The molecule has 0 saturated carbocycles. The van der Waals surface area contributed by atoms with Crippen molar-refractivity contribution in [3.63, 3.8) is 0 Å². The van der Waals surface area contributed by atoms with Gasteiger partial charge in [-0.2, -0.15) is 0 Å². The molecule has 1 N–H and O–H groups in total. The van der Waals surface area contributed by atoms with Crippen molar-refractivity contribution in [1.82, 2.24) is 4.90 Å². The molecule has 154 valence electrons. The lowest BCUT2D eigenvalue weighted by atomic mass is 9.70. The summed E-state index contributed by atoms with van der Waals surface area (Å²) in [6.45, 7) is 0.0369. The van der Waals surface area contributed by atoms with E-state index in [1.165, 1.54) is 0 Å². The molecule has 29 heavy (non-hydrogen) atoms. The Balaban J connectivity index is 1.47. The van der Waals surface area contributed by atoms with Crippen molar-refractivity contribution in [1.29, 1.82) is 0 Å². The molecular formula is C23H27NO4S. The number of rotatable bonds is 7. The molecule has 4 rings (SSSR count). The molecular weight excluding hydrogens is 386 g/mol. The molecule has 3 atom stereocenters. The van der Waals surface area contributed by atoms with Crippen LogP contribution in [-0.4, -0.2) is 48.8 Å². The molecule has 2 aromatic rings. The number of nitrogens with zero attached hydrogens (tertiary/aromatic N) is 1. The fraction of sp³-hybridized carbons (Fsp3) is 0.435. The number of aliphatic hydroxyl groups is 1. The smallest absolute Gasteiger partial charge is 0.224 e. The van der Waals surface area contributed by atoms with Gasteiger partial charge in [-0.05, 0) is 43.4 Å². The Hall–Kier alpha value is -2.18.